The molecule has 0 amide bonds. The van der Waals surface area contributed by atoms with Crippen molar-refractivity contribution in [3.63, 3.8) is 0 Å². The van der Waals surface area contributed by atoms with Crippen molar-refractivity contribution in [2.75, 3.05) is 11.9 Å². The van der Waals surface area contributed by atoms with Crippen LogP contribution in [0.5, 0.6) is 0 Å². The molecule has 0 radical (unpaired) electrons. The second kappa shape index (κ2) is 5.79. The highest BCUT2D eigenvalue weighted by molar-refractivity contribution is 6.09. The Hall–Kier alpha value is -2.76. The van der Waals surface area contributed by atoms with Crippen molar-refractivity contribution >= 4 is 22.4 Å². The van der Waals surface area contributed by atoms with Crippen LogP contribution in [0.3, 0.4) is 0 Å². The Morgan fingerprint density at radius 1 is 1.04 bits per heavy atom. The van der Waals surface area contributed by atoms with Crippen molar-refractivity contribution in [2.24, 2.45) is 0 Å². The summed E-state index contributed by atoms with van der Waals surface area (Å²) in [6.45, 7) is 0.00715. The Balaban J connectivity index is 1.69. The molecule has 3 rings (SSSR count). The number of nitrogens with one attached hydrogen (secondary N) is 2. The Morgan fingerprint density at radius 3 is 2.43 bits per heavy atom. The number of hydrogen-bond acceptors (Lipinski definition) is 2. The summed E-state index contributed by atoms with van der Waals surface area (Å²) in [6, 6.07) is 12.0. The van der Waals surface area contributed by atoms with Gasteiger partial charge in [0.25, 0.3) is 0 Å². The van der Waals surface area contributed by atoms with E-state index in [2.05, 4.69) is 10.3 Å². The zero-order valence-corrected chi connectivity index (χ0v) is 11.9. The SMILES string of the molecule is O=C(CNc1ccc(C(F)(F)F)cc1)c1c[nH]c2ccccc12. The van der Waals surface area contributed by atoms with Crippen LogP contribution in [0, 0.1) is 0 Å². The summed E-state index contributed by atoms with van der Waals surface area (Å²) in [7, 11) is 0. The summed E-state index contributed by atoms with van der Waals surface area (Å²) in [6.07, 6.45) is -2.72. The molecule has 0 aliphatic rings. The lowest BCUT2D eigenvalue weighted by Crippen LogP contribution is -2.14. The van der Waals surface area contributed by atoms with Crippen molar-refractivity contribution in [3.8, 4) is 0 Å². The maximum absolute atomic E-state index is 12.5. The molecule has 0 bridgehead atoms. The molecule has 0 saturated heterocycles. The van der Waals surface area contributed by atoms with Crippen molar-refractivity contribution in [1.82, 2.24) is 4.98 Å². The number of aromatic nitrogens is 1. The summed E-state index contributed by atoms with van der Waals surface area (Å²) >= 11 is 0. The summed E-state index contributed by atoms with van der Waals surface area (Å²) in [5, 5.41) is 3.67. The largest absolute Gasteiger partial charge is 0.416 e. The fourth-order valence-corrected chi connectivity index (χ4v) is 2.36. The fraction of sp³-hybridized carbons (Fsp3) is 0.118. The lowest BCUT2D eigenvalue weighted by Gasteiger charge is -2.09. The second-order valence-corrected chi connectivity index (χ2v) is 5.10. The molecule has 23 heavy (non-hydrogen) atoms. The molecule has 0 unspecified atom stereocenters. The van der Waals surface area contributed by atoms with Crippen molar-refractivity contribution < 1.29 is 18.0 Å². The van der Waals surface area contributed by atoms with Gasteiger partial charge >= 0.3 is 6.18 Å². The second-order valence-electron chi connectivity index (χ2n) is 5.10. The number of carbonyl (C=O) groups excluding carboxylic acids is 1. The third-order valence-corrected chi connectivity index (χ3v) is 3.55. The Labute approximate surface area is 130 Å². The number of alkyl halides is 3. The van der Waals surface area contributed by atoms with Crippen LogP contribution in [0.4, 0.5) is 18.9 Å². The first-order chi connectivity index (χ1) is 10.9. The molecule has 0 atom stereocenters. The van der Waals surface area contributed by atoms with Gasteiger partial charge in [-0.25, -0.2) is 0 Å². The zero-order chi connectivity index (χ0) is 16.4. The molecule has 0 spiro atoms. The van der Waals surface area contributed by atoms with E-state index in [9.17, 15) is 18.0 Å². The smallest absolute Gasteiger partial charge is 0.378 e. The monoisotopic (exact) mass is 318 g/mol. The van der Waals surface area contributed by atoms with Crippen LogP contribution in [-0.4, -0.2) is 17.3 Å². The van der Waals surface area contributed by atoms with E-state index in [1.165, 1.54) is 12.1 Å². The topological polar surface area (TPSA) is 44.9 Å². The summed E-state index contributed by atoms with van der Waals surface area (Å²) in [5.74, 6) is -0.137. The number of aromatic amines is 1. The van der Waals surface area contributed by atoms with Crippen LogP contribution >= 0.6 is 0 Å². The van der Waals surface area contributed by atoms with Gasteiger partial charge in [0.05, 0.1) is 12.1 Å². The number of rotatable bonds is 4. The zero-order valence-electron chi connectivity index (χ0n) is 11.9. The van der Waals surface area contributed by atoms with E-state index in [1.807, 2.05) is 24.3 Å². The molecule has 0 fully saturated rings. The maximum Gasteiger partial charge on any atom is 0.416 e. The average Bonchev–Trinajstić information content (AvgIpc) is 2.96. The molecule has 2 aromatic carbocycles. The Bertz CT molecular complexity index is 835. The van der Waals surface area contributed by atoms with E-state index in [0.717, 1.165) is 23.0 Å². The molecular formula is C17H13F3N2O. The highest BCUT2D eigenvalue weighted by Crippen LogP contribution is 2.29. The van der Waals surface area contributed by atoms with Gasteiger partial charge in [0, 0.05) is 28.4 Å². The van der Waals surface area contributed by atoms with Gasteiger partial charge in [-0.3, -0.25) is 4.79 Å². The number of Topliss-reactive ketones (excluding diaryl/α,β-unsaturated/α-hetero) is 1. The lowest BCUT2D eigenvalue weighted by atomic mass is 10.1. The first kappa shape index (κ1) is 15.1. The van der Waals surface area contributed by atoms with Gasteiger partial charge in [-0.2, -0.15) is 13.2 Å². The first-order valence-corrected chi connectivity index (χ1v) is 6.95. The van der Waals surface area contributed by atoms with Gasteiger partial charge in [0.15, 0.2) is 5.78 Å². The van der Waals surface area contributed by atoms with Crippen molar-refractivity contribution in [1.29, 1.82) is 0 Å². The number of carbonyl (C=O) groups is 1. The first-order valence-electron chi connectivity index (χ1n) is 6.95. The predicted molar refractivity (Wildman–Crippen MR) is 82.6 cm³/mol. The molecule has 0 aliphatic carbocycles. The Kier molecular flexibility index (Phi) is 3.82. The van der Waals surface area contributed by atoms with Crippen LogP contribution in [0.1, 0.15) is 15.9 Å². The molecule has 6 heteroatoms. The molecule has 1 aromatic heterocycles. The van der Waals surface area contributed by atoms with E-state index in [-0.39, 0.29) is 12.3 Å². The van der Waals surface area contributed by atoms with Gasteiger partial charge in [-0.05, 0) is 30.3 Å². The highest BCUT2D eigenvalue weighted by atomic mass is 19.4. The van der Waals surface area contributed by atoms with Crippen LogP contribution in [0.15, 0.2) is 54.7 Å². The molecule has 2 N–H and O–H groups in total. The number of halogens is 3. The van der Waals surface area contributed by atoms with Crippen LogP contribution in [-0.2, 0) is 6.18 Å². The lowest BCUT2D eigenvalue weighted by molar-refractivity contribution is -0.137. The summed E-state index contributed by atoms with van der Waals surface area (Å²) in [5.41, 5.74) is 1.17. The summed E-state index contributed by atoms with van der Waals surface area (Å²) in [4.78, 5) is 15.3. The number of hydrogen-bond donors (Lipinski definition) is 2. The van der Waals surface area contributed by atoms with Crippen LogP contribution in [0.2, 0.25) is 0 Å². The summed E-state index contributed by atoms with van der Waals surface area (Å²) < 4.78 is 37.5. The third-order valence-electron chi connectivity index (χ3n) is 3.55. The van der Waals surface area contributed by atoms with Gasteiger partial charge in [0.1, 0.15) is 0 Å². The molecule has 3 nitrogen and oxygen atoms in total. The number of benzene rings is 2. The number of H-pyrrole nitrogens is 1. The van der Waals surface area contributed by atoms with Gasteiger partial charge in [-0.15, -0.1) is 0 Å². The molecule has 0 saturated carbocycles. The standard InChI is InChI=1S/C17H13F3N2O/c18-17(19,20)11-5-7-12(8-6-11)21-10-16(23)14-9-22-15-4-2-1-3-13(14)15/h1-9,21-22H,10H2. The number of para-hydroxylation sites is 1. The molecule has 1 heterocycles. The molecule has 3 aromatic rings. The van der Waals surface area contributed by atoms with Crippen LogP contribution < -0.4 is 5.32 Å². The number of fused-ring (bicyclic) bond motifs is 1. The van der Waals surface area contributed by atoms with E-state index < -0.39 is 11.7 Å². The van der Waals surface area contributed by atoms with E-state index in [0.29, 0.717) is 11.3 Å². The number of ketones is 1. The quantitative estimate of drug-likeness (QED) is 0.697. The minimum absolute atomic E-state index is 0.00715. The Morgan fingerprint density at radius 2 is 1.74 bits per heavy atom. The minimum atomic E-state index is -4.36. The molecule has 118 valence electrons. The van der Waals surface area contributed by atoms with E-state index in [4.69, 9.17) is 0 Å². The highest BCUT2D eigenvalue weighted by Gasteiger charge is 2.29. The average molecular weight is 318 g/mol. The van der Waals surface area contributed by atoms with Crippen molar-refractivity contribution in [2.45, 2.75) is 6.18 Å². The molecular weight excluding hydrogens is 305 g/mol. The van der Waals surface area contributed by atoms with E-state index in [1.54, 1.807) is 6.20 Å². The normalized spacial score (nSPS) is 11.6. The fourth-order valence-electron chi connectivity index (χ4n) is 2.36. The predicted octanol–water partition coefficient (Wildman–Crippen LogP) is 4.48. The molecule has 0 aliphatic heterocycles. The third kappa shape index (κ3) is 3.21. The van der Waals surface area contributed by atoms with Crippen molar-refractivity contribution in [3.05, 3.63) is 65.9 Å². The van der Waals surface area contributed by atoms with E-state index >= 15 is 0 Å². The van der Waals surface area contributed by atoms with Crippen LogP contribution in [0.25, 0.3) is 10.9 Å². The van der Waals surface area contributed by atoms with Gasteiger partial charge in [0.2, 0.25) is 0 Å². The van der Waals surface area contributed by atoms with Gasteiger partial charge < -0.3 is 10.3 Å². The maximum atomic E-state index is 12.5. The number of anilines is 1. The minimum Gasteiger partial charge on any atom is -0.378 e. The van der Waals surface area contributed by atoms with Gasteiger partial charge in [-0.1, -0.05) is 18.2 Å².